The molecule has 1 aliphatic rings. The second kappa shape index (κ2) is 6.18. The summed E-state index contributed by atoms with van der Waals surface area (Å²) in [4.78, 5) is 0. The minimum Gasteiger partial charge on any atom is -0.369 e. The fourth-order valence-electron chi connectivity index (χ4n) is 2.63. The summed E-state index contributed by atoms with van der Waals surface area (Å²) in [6.45, 7) is 2.86. The van der Waals surface area contributed by atoms with E-state index in [1.165, 1.54) is 31.2 Å². The molecule has 1 aromatic carbocycles. The largest absolute Gasteiger partial charge is 0.369 e. The van der Waals surface area contributed by atoms with E-state index < -0.39 is 0 Å². The molecular formula is C15H23NO. The minimum absolute atomic E-state index is 0.0572. The normalized spacial score (nSPS) is 26.7. The van der Waals surface area contributed by atoms with Crippen molar-refractivity contribution in [1.82, 2.24) is 0 Å². The molecule has 0 saturated heterocycles. The molecule has 0 heterocycles. The number of hydrogen-bond donors (Lipinski definition) is 1. The van der Waals surface area contributed by atoms with E-state index in [2.05, 4.69) is 19.1 Å². The monoisotopic (exact) mass is 233 g/mol. The Balaban J connectivity index is 1.99. The lowest BCUT2D eigenvalue weighted by molar-refractivity contribution is -0.0533. The van der Waals surface area contributed by atoms with Crippen molar-refractivity contribution in [1.29, 1.82) is 0 Å². The van der Waals surface area contributed by atoms with Crippen molar-refractivity contribution in [3.05, 3.63) is 35.9 Å². The predicted octanol–water partition coefficient (Wildman–Crippen LogP) is 3.28. The van der Waals surface area contributed by atoms with Crippen molar-refractivity contribution in [2.75, 3.05) is 6.54 Å². The molecule has 3 unspecified atom stereocenters. The molecule has 1 aromatic rings. The van der Waals surface area contributed by atoms with E-state index in [0.717, 1.165) is 0 Å². The molecule has 94 valence electrons. The molecule has 0 spiro atoms. The Morgan fingerprint density at radius 2 is 1.94 bits per heavy atom. The standard InChI is InChI=1S/C15H23NO/c1-12-7-5-6-10-14(12)17-15(11-16)13-8-3-2-4-9-13/h2-4,8-9,12,14-15H,5-7,10-11,16H2,1H3. The van der Waals surface area contributed by atoms with Crippen LogP contribution in [0.15, 0.2) is 30.3 Å². The number of benzene rings is 1. The van der Waals surface area contributed by atoms with Crippen LogP contribution in [0.2, 0.25) is 0 Å². The van der Waals surface area contributed by atoms with E-state index in [0.29, 0.717) is 18.6 Å². The Morgan fingerprint density at radius 3 is 2.59 bits per heavy atom. The molecule has 0 aromatic heterocycles. The van der Waals surface area contributed by atoms with Crippen LogP contribution in [0.25, 0.3) is 0 Å². The number of hydrogen-bond acceptors (Lipinski definition) is 2. The molecule has 1 fully saturated rings. The summed E-state index contributed by atoms with van der Waals surface area (Å²) in [6, 6.07) is 10.3. The highest BCUT2D eigenvalue weighted by atomic mass is 16.5. The van der Waals surface area contributed by atoms with Gasteiger partial charge in [0.15, 0.2) is 0 Å². The van der Waals surface area contributed by atoms with Gasteiger partial charge in [-0.3, -0.25) is 0 Å². The number of nitrogens with two attached hydrogens (primary N) is 1. The molecule has 0 radical (unpaired) electrons. The van der Waals surface area contributed by atoms with Crippen molar-refractivity contribution in [2.45, 2.75) is 44.8 Å². The van der Waals surface area contributed by atoms with E-state index in [4.69, 9.17) is 10.5 Å². The predicted molar refractivity (Wildman–Crippen MR) is 70.7 cm³/mol. The highest BCUT2D eigenvalue weighted by molar-refractivity contribution is 5.17. The van der Waals surface area contributed by atoms with Gasteiger partial charge < -0.3 is 10.5 Å². The van der Waals surface area contributed by atoms with Gasteiger partial charge in [0.1, 0.15) is 0 Å². The van der Waals surface area contributed by atoms with Crippen LogP contribution >= 0.6 is 0 Å². The summed E-state index contributed by atoms with van der Waals surface area (Å²) in [5.74, 6) is 0.668. The first kappa shape index (κ1) is 12.6. The van der Waals surface area contributed by atoms with Crippen LogP contribution in [0.3, 0.4) is 0 Å². The maximum atomic E-state index is 6.21. The van der Waals surface area contributed by atoms with E-state index >= 15 is 0 Å². The molecule has 0 amide bonds. The van der Waals surface area contributed by atoms with Crippen LogP contribution < -0.4 is 5.73 Å². The Morgan fingerprint density at radius 1 is 1.24 bits per heavy atom. The molecular weight excluding hydrogens is 210 g/mol. The summed E-state index contributed by atoms with van der Waals surface area (Å²) in [5.41, 5.74) is 7.04. The molecule has 0 bridgehead atoms. The van der Waals surface area contributed by atoms with E-state index in [1.54, 1.807) is 0 Å². The van der Waals surface area contributed by atoms with Crippen LogP contribution in [0.1, 0.15) is 44.3 Å². The van der Waals surface area contributed by atoms with Gasteiger partial charge in [0.05, 0.1) is 12.2 Å². The van der Waals surface area contributed by atoms with Crippen molar-refractivity contribution < 1.29 is 4.74 Å². The maximum absolute atomic E-state index is 6.21. The Labute approximate surface area is 104 Å². The van der Waals surface area contributed by atoms with E-state index in [-0.39, 0.29) is 6.10 Å². The van der Waals surface area contributed by atoms with Crippen molar-refractivity contribution in [2.24, 2.45) is 11.7 Å². The summed E-state index contributed by atoms with van der Waals surface area (Å²) in [5, 5.41) is 0. The summed E-state index contributed by atoms with van der Waals surface area (Å²) < 4.78 is 6.21. The average Bonchev–Trinajstić information content (AvgIpc) is 2.39. The van der Waals surface area contributed by atoms with Crippen LogP contribution in [-0.2, 0) is 4.74 Å². The number of rotatable bonds is 4. The third-order valence-electron chi connectivity index (χ3n) is 3.76. The second-order valence-corrected chi connectivity index (χ2v) is 5.07. The Kier molecular flexibility index (Phi) is 4.57. The quantitative estimate of drug-likeness (QED) is 0.866. The van der Waals surface area contributed by atoms with Gasteiger partial charge in [-0.2, -0.15) is 0 Å². The number of ether oxygens (including phenoxy) is 1. The van der Waals surface area contributed by atoms with Gasteiger partial charge in [-0.05, 0) is 24.3 Å². The minimum atomic E-state index is 0.0572. The van der Waals surface area contributed by atoms with Gasteiger partial charge >= 0.3 is 0 Å². The molecule has 2 heteroatoms. The zero-order valence-corrected chi connectivity index (χ0v) is 10.6. The van der Waals surface area contributed by atoms with E-state index in [1.807, 2.05) is 18.2 Å². The van der Waals surface area contributed by atoms with Gasteiger partial charge in [-0.15, -0.1) is 0 Å². The van der Waals surface area contributed by atoms with Crippen LogP contribution in [-0.4, -0.2) is 12.6 Å². The summed E-state index contributed by atoms with van der Waals surface area (Å²) in [6.07, 6.45) is 5.56. The Hall–Kier alpha value is -0.860. The molecule has 17 heavy (non-hydrogen) atoms. The van der Waals surface area contributed by atoms with Gasteiger partial charge in [0.25, 0.3) is 0 Å². The highest BCUT2D eigenvalue weighted by Crippen LogP contribution is 2.30. The molecule has 2 N–H and O–H groups in total. The third-order valence-corrected chi connectivity index (χ3v) is 3.76. The first-order chi connectivity index (χ1) is 8.31. The summed E-state index contributed by atoms with van der Waals surface area (Å²) in [7, 11) is 0. The first-order valence-electron chi connectivity index (χ1n) is 6.71. The summed E-state index contributed by atoms with van der Waals surface area (Å²) >= 11 is 0. The smallest absolute Gasteiger partial charge is 0.0950 e. The molecule has 1 saturated carbocycles. The molecule has 2 rings (SSSR count). The second-order valence-electron chi connectivity index (χ2n) is 5.07. The third kappa shape index (κ3) is 3.30. The zero-order valence-electron chi connectivity index (χ0n) is 10.6. The van der Waals surface area contributed by atoms with Crippen molar-refractivity contribution >= 4 is 0 Å². The van der Waals surface area contributed by atoms with Crippen LogP contribution in [0.5, 0.6) is 0 Å². The zero-order chi connectivity index (χ0) is 12.1. The molecule has 0 aliphatic heterocycles. The first-order valence-corrected chi connectivity index (χ1v) is 6.71. The molecule has 1 aliphatic carbocycles. The fraction of sp³-hybridized carbons (Fsp3) is 0.600. The average molecular weight is 233 g/mol. The topological polar surface area (TPSA) is 35.2 Å². The van der Waals surface area contributed by atoms with Crippen molar-refractivity contribution in [3.63, 3.8) is 0 Å². The SMILES string of the molecule is CC1CCCCC1OC(CN)c1ccccc1. The van der Waals surface area contributed by atoms with Crippen LogP contribution in [0, 0.1) is 5.92 Å². The maximum Gasteiger partial charge on any atom is 0.0950 e. The van der Waals surface area contributed by atoms with Crippen molar-refractivity contribution in [3.8, 4) is 0 Å². The molecule has 2 nitrogen and oxygen atoms in total. The molecule has 3 atom stereocenters. The van der Waals surface area contributed by atoms with E-state index in [9.17, 15) is 0 Å². The van der Waals surface area contributed by atoms with Gasteiger partial charge in [-0.25, -0.2) is 0 Å². The van der Waals surface area contributed by atoms with Gasteiger partial charge in [0.2, 0.25) is 0 Å². The Bertz CT molecular complexity index is 325. The lowest BCUT2D eigenvalue weighted by Gasteiger charge is -2.32. The van der Waals surface area contributed by atoms with Gasteiger partial charge in [0, 0.05) is 6.54 Å². The lowest BCUT2D eigenvalue weighted by atomic mass is 9.87. The lowest BCUT2D eigenvalue weighted by Crippen LogP contribution is -2.29. The fourth-order valence-corrected chi connectivity index (χ4v) is 2.63. The van der Waals surface area contributed by atoms with Crippen LogP contribution in [0.4, 0.5) is 0 Å². The van der Waals surface area contributed by atoms with Gasteiger partial charge in [-0.1, -0.05) is 50.1 Å². The highest BCUT2D eigenvalue weighted by Gasteiger charge is 2.25.